The number of nitrogens with zero attached hydrogens (tertiary/aromatic N) is 1. The predicted octanol–water partition coefficient (Wildman–Crippen LogP) is 2.51. The van der Waals surface area contributed by atoms with Gasteiger partial charge in [-0.1, -0.05) is 12.5 Å². The van der Waals surface area contributed by atoms with Crippen LogP contribution in [0, 0.1) is 5.82 Å². The molecule has 0 bridgehead atoms. The van der Waals surface area contributed by atoms with Crippen LogP contribution in [0.4, 0.5) is 4.39 Å². The molecule has 1 heterocycles. The average molecular weight is 237 g/mol. The number of hydrogen-bond donors (Lipinski definition) is 1. The number of rotatable bonds is 3. The summed E-state index contributed by atoms with van der Waals surface area (Å²) in [6.45, 7) is 2.58. The smallest absolute Gasteiger partial charge is 0.335 e. The normalized spacial score (nSPS) is 17.0. The molecular weight excluding hydrogens is 221 g/mol. The van der Waals surface area contributed by atoms with Crippen molar-refractivity contribution in [3.05, 3.63) is 35.1 Å². The molecule has 0 saturated carbocycles. The predicted molar refractivity (Wildman–Crippen MR) is 62.5 cm³/mol. The van der Waals surface area contributed by atoms with Gasteiger partial charge in [0.05, 0.1) is 5.56 Å². The van der Waals surface area contributed by atoms with E-state index in [1.54, 1.807) is 6.07 Å². The van der Waals surface area contributed by atoms with Gasteiger partial charge in [0.1, 0.15) is 5.82 Å². The fraction of sp³-hybridized carbons (Fsp3) is 0.462. The van der Waals surface area contributed by atoms with Gasteiger partial charge in [0, 0.05) is 12.1 Å². The van der Waals surface area contributed by atoms with E-state index in [9.17, 15) is 9.18 Å². The van der Waals surface area contributed by atoms with Crippen LogP contribution >= 0.6 is 0 Å². The van der Waals surface area contributed by atoms with Crippen LogP contribution in [0.5, 0.6) is 0 Å². The molecule has 2 rings (SSSR count). The van der Waals surface area contributed by atoms with Crippen LogP contribution in [0.15, 0.2) is 18.2 Å². The number of piperidine rings is 1. The monoisotopic (exact) mass is 237 g/mol. The van der Waals surface area contributed by atoms with Crippen molar-refractivity contribution in [2.24, 2.45) is 0 Å². The Kier molecular flexibility index (Phi) is 3.74. The highest BCUT2D eigenvalue weighted by Gasteiger charge is 2.14. The highest BCUT2D eigenvalue weighted by atomic mass is 19.1. The third kappa shape index (κ3) is 3.03. The molecule has 0 unspecified atom stereocenters. The molecule has 0 atom stereocenters. The highest BCUT2D eigenvalue weighted by Crippen LogP contribution is 2.16. The number of benzene rings is 1. The van der Waals surface area contributed by atoms with Crippen LogP contribution in [-0.4, -0.2) is 29.1 Å². The molecule has 1 saturated heterocycles. The Bertz CT molecular complexity index is 414. The Morgan fingerprint density at radius 1 is 1.29 bits per heavy atom. The van der Waals surface area contributed by atoms with Crippen molar-refractivity contribution in [2.75, 3.05) is 13.1 Å². The molecule has 4 heteroatoms. The standard InChI is InChI=1S/C13H16FNO2/c14-12-8-10(13(16)17)4-5-11(12)9-15-6-2-1-3-7-15/h4-5,8H,1-3,6-7,9H2,(H,16,17). The minimum absolute atomic E-state index is 0.00453. The number of carboxylic acid groups (broad SMARTS) is 1. The maximum atomic E-state index is 13.7. The maximum Gasteiger partial charge on any atom is 0.335 e. The Balaban J connectivity index is 2.08. The first-order valence-electron chi connectivity index (χ1n) is 5.91. The number of carboxylic acids is 1. The second-order valence-electron chi connectivity index (χ2n) is 4.45. The summed E-state index contributed by atoms with van der Waals surface area (Å²) in [6.07, 6.45) is 3.57. The molecule has 92 valence electrons. The van der Waals surface area contributed by atoms with Gasteiger partial charge < -0.3 is 5.11 Å². The molecule has 1 aromatic carbocycles. The summed E-state index contributed by atoms with van der Waals surface area (Å²) < 4.78 is 13.7. The van der Waals surface area contributed by atoms with E-state index in [4.69, 9.17) is 5.11 Å². The van der Waals surface area contributed by atoms with E-state index in [1.165, 1.54) is 12.5 Å². The van der Waals surface area contributed by atoms with Crippen LogP contribution in [0.3, 0.4) is 0 Å². The molecule has 0 spiro atoms. The van der Waals surface area contributed by atoms with Gasteiger partial charge in [0.25, 0.3) is 0 Å². The third-order valence-corrected chi connectivity index (χ3v) is 3.14. The summed E-state index contributed by atoms with van der Waals surface area (Å²) in [5, 5.41) is 8.74. The first kappa shape index (κ1) is 12.0. The van der Waals surface area contributed by atoms with Crippen LogP contribution in [0.2, 0.25) is 0 Å². The average Bonchev–Trinajstić information content (AvgIpc) is 2.33. The van der Waals surface area contributed by atoms with Crippen molar-refractivity contribution in [1.82, 2.24) is 4.90 Å². The summed E-state index contributed by atoms with van der Waals surface area (Å²) in [6, 6.07) is 4.14. The lowest BCUT2D eigenvalue weighted by Gasteiger charge is -2.26. The molecule has 0 amide bonds. The molecule has 1 aliphatic heterocycles. The summed E-state index contributed by atoms with van der Waals surface area (Å²) in [5.74, 6) is -1.51. The number of halogens is 1. The minimum Gasteiger partial charge on any atom is -0.478 e. The van der Waals surface area contributed by atoms with Crippen molar-refractivity contribution >= 4 is 5.97 Å². The van der Waals surface area contributed by atoms with Gasteiger partial charge in [-0.25, -0.2) is 9.18 Å². The molecule has 1 aliphatic rings. The lowest BCUT2D eigenvalue weighted by Crippen LogP contribution is -2.29. The lowest BCUT2D eigenvalue weighted by atomic mass is 10.1. The lowest BCUT2D eigenvalue weighted by molar-refractivity contribution is 0.0696. The Labute approximate surface area is 99.9 Å². The number of carbonyl (C=O) groups is 1. The van der Waals surface area contributed by atoms with Gasteiger partial charge in [-0.3, -0.25) is 4.90 Å². The van der Waals surface area contributed by atoms with Crippen LogP contribution in [0.1, 0.15) is 35.2 Å². The summed E-state index contributed by atoms with van der Waals surface area (Å²) >= 11 is 0. The molecule has 0 aliphatic carbocycles. The van der Waals surface area contributed by atoms with Crippen LogP contribution in [-0.2, 0) is 6.54 Å². The Hall–Kier alpha value is -1.42. The molecule has 1 aromatic rings. The largest absolute Gasteiger partial charge is 0.478 e. The van der Waals surface area contributed by atoms with Gasteiger partial charge in [-0.05, 0) is 38.1 Å². The van der Waals surface area contributed by atoms with Gasteiger partial charge >= 0.3 is 5.97 Å². The van der Waals surface area contributed by atoms with Crippen molar-refractivity contribution in [3.8, 4) is 0 Å². The van der Waals surface area contributed by atoms with Gasteiger partial charge in [-0.2, -0.15) is 0 Å². The van der Waals surface area contributed by atoms with Crippen LogP contribution < -0.4 is 0 Å². The topological polar surface area (TPSA) is 40.5 Å². The molecule has 0 radical (unpaired) electrons. The molecule has 3 nitrogen and oxygen atoms in total. The summed E-state index contributed by atoms with van der Waals surface area (Å²) in [4.78, 5) is 12.9. The van der Waals surface area contributed by atoms with Crippen LogP contribution in [0.25, 0.3) is 0 Å². The number of hydrogen-bond acceptors (Lipinski definition) is 2. The second-order valence-corrected chi connectivity index (χ2v) is 4.45. The first-order chi connectivity index (χ1) is 8.16. The SMILES string of the molecule is O=C(O)c1ccc(CN2CCCCC2)c(F)c1. The summed E-state index contributed by atoms with van der Waals surface area (Å²) in [5.41, 5.74) is 0.585. The van der Waals surface area contributed by atoms with Gasteiger partial charge in [-0.15, -0.1) is 0 Å². The van der Waals surface area contributed by atoms with Crippen molar-refractivity contribution in [3.63, 3.8) is 0 Å². The quantitative estimate of drug-likeness (QED) is 0.878. The fourth-order valence-electron chi connectivity index (χ4n) is 2.17. The van der Waals surface area contributed by atoms with E-state index < -0.39 is 11.8 Å². The van der Waals surface area contributed by atoms with E-state index in [0.29, 0.717) is 12.1 Å². The number of likely N-dealkylation sites (tertiary alicyclic amines) is 1. The molecule has 1 fully saturated rings. The molecule has 17 heavy (non-hydrogen) atoms. The highest BCUT2D eigenvalue weighted by molar-refractivity contribution is 5.87. The van der Waals surface area contributed by atoms with Crippen molar-refractivity contribution < 1.29 is 14.3 Å². The zero-order valence-electron chi connectivity index (χ0n) is 9.66. The van der Waals surface area contributed by atoms with Gasteiger partial charge in [0.2, 0.25) is 0 Å². The molecule has 1 N–H and O–H groups in total. The second kappa shape index (κ2) is 5.27. The third-order valence-electron chi connectivity index (χ3n) is 3.14. The Morgan fingerprint density at radius 3 is 2.59 bits per heavy atom. The number of aromatic carboxylic acids is 1. The summed E-state index contributed by atoms with van der Waals surface area (Å²) in [7, 11) is 0. The van der Waals surface area contributed by atoms with Gasteiger partial charge in [0.15, 0.2) is 0 Å². The Morgan fingerprint density at radius 2 is 2.00 bits per heavy atom. The molecule has 0 aromatic heterocycles. The van der Waals surface area contributed by atoms with Crippen molar-refractivity contribution in [2.45, 2.75) is 25.8 Å². The minimum atomic E-state index is -1.09. The zero-order valence-corrected chi connectivity index (χ0v) is 9.66. The fourth-order valence-corrected chi connectivity index (χ4v) is 2.17. The van der Waals surface area contributed by atoms with E-state index >= 15 is 0 Å². The van der Waals surface area contributed by atoms with E-state index in [1.807, 2.05) is 0 Å². The zero-order chi connectivity index (χ0) is 12.3. The first-order valence-corrected chi connectivity index (χ1v) is 5.91. The van der Waals surface area contributed by atoms with E-state index in [2.05, 4.69) is 4.90 Å². The van der Waals surface area contributed by atoms with E-state index in [-0.39, 0.29) is 5.56 Å². The molecular formula is C13H16FNO2. The van der Waals surface area contributed by atoms with E-state index in [0.717, 1.165) is 32.0 Å². The maximum absolute atomic E-state index is 13.7. The van der Waals surface area contributed by atoms with Crippen molar-refractivity contribution in [1.29, 1.82) is 0 Å².